The highest BCUT2D eigenvalue weighted by molar-refractivity contribution is 6.01. The molecule has 0 spiro atoms. The lowest BCUT2D eigenvalue weighted by molar-refractivity contribution is 0.101. The van der Waals surface area contributed by atoms with Crippen LogP contribution in [0.4, 0.5) is 5.95 Å². The lowest BCUT2D eigenvalue weighted by Gasteiger charge is -2.19. The first-order valence-electron chi connectivity index (χ1n) is 9.52. The minimum Gasteiger partial charge on any atom is -0.317 e. The van der Waals surface area contributed by atoms with Gasteiger partial charge >= 0.3 is 0 Å². The summed E-state index contributed by atoms with van der Waals surface area (Å²) in [6.45, 7) is 8.22. The Morgan fingerprint density at radius 3 is 2.59 bits per heavy atom. The minimum absolute atomic E-state index is 0. The quantitative estimate of drug-likeness (QED) is 0.784. The molecule has 0 saturated carbocycles. The van der Waals surface area contributed by atoms with Crippen molar-refractivity contribution in [2.75, 3.05) is 18.4 Å². The van der Waals surface area contributed by atoms with Gasteiger partial charge in [-0.2, -0.15) is 15.2 Å². The Hall–Kier alpha value is -1.93. The number of carbonyl (C=O) groups excluding carboxylic acids is 1. The van der Waals surface area contributed by atoms with Crippen LogP contribution in [-0.2, 0) is 7.05 Å². The van der Waals surface area contributed by atoms with Crippen LogP contribution in [0, 0.1) is 6.92 Å². The average Bonchev–Trinajstić information content (AvgIpc) is 3.21. The third-order valence-corrected chi connectivity index (χ3v) is 5.15. The number of aromatic nitrogens is 5. The van der Waals surface area contributed by atoms with Gasteiger partial charge in [-0.25, -0.2) is 4.68 Å². The molecule has 0 aromatic carbocycles. The number of piperidine rings is 1. The molecule has 0 radical (unpaired) electrons. The van der Waals surface area contributed by atoms with E-state index in [9.17, 15) is 4.79 Å². The van der Waals surface area contributed by atoms with E-state index < -0.39 is 0 Å². The van der Waals surface area contributed by atoms with Crippen molar-refractivity contribution < 1.29 is 4.79 Å². The number of aryl methyl sites for hydroxylation is 2. The number of amides is 1. The molecule has 3 heterocycles. The van der Waals surface area contributed by atoms with Crippen molar-refractivity contribution >= 4 is 24.3 Å². The molecule has 0 unspecified atom stereocenters. The molecule has 1 fully saturated rings. The van der Waals surface area contributed by atoms with Crippen molar-refractivity contribution in [2.45, 2.75) is 58.4 Å². The highest BCUT2D eigenvalue weighted by Crippen LogP contribution is 2.23. The Morgan fingerprint density at radius 1 is 1.30 bits per heavy atom. The number of hydrogen-bond donors (Lipinski definition) is 2. The van der Waals surface area contributed by atoms with E-state index in [0.29, 0.717) is 23.6 Å². The fourth-order valence-electron chi connectivity index (χ4n) is 3.53. The first kappa shape index (κ1) is 21.4. The Balaban J connectivity index is 0.00000261. The summed E-state index contributed by atoms with van der Waals surface area (Å²) in [4.78, 5) is 17.2. The van der Waals surface area contributed by atoms with Gasteiger partial charge in [-0.15, -0.1) is 12.4 Å². The average molecular weight is 396 g/mol. The number of rotatable bonds is 6. The van der Waals surface area contributed by atoms with Crippen molar-refractivity contribution in [3.63, 3.8) is 0 Å². The summed E-state index contributed by atoms with van der Waals surface area (Å²) in [5.74, 6) is 1.39. The predicted octanol–water partition coefficient (Wildman–Crippen LogP) is 2.82. The van der Waals surface area contributed by atoms with Gasteiger partial charge in [-0.05, 0) is 51.8 Å². The van der Waals surface area contributed by atoms with E-state index in [0.717, 1.165) is 50.3 Å². The Bertz CT molecular complexity index is 760. The molecule has 2 aromatic heterocycles. The Labute approximate surface area is 166 Å². The number of halogens is 1. The molecule has 0 bridgehead atoms. The summed E-state index contributed by atoms with van der Waals surface area (Å²) in [5, 5.41) is 15.2. The van der Waals surface area contributed by atoms with Gasteiger partial charge in [0.05, 0.1) is 6.04 Å². The third kappa shape index (κ3) is 4.68. The summed E-state index contributed by atoms with van der Waals surface area (Å²) in [7, 11) is 1.81. The molecule has 2 N–H and O–H groups in total. The molecule has 8 nitrogen and oxygen atoms in total. The molecule has 1 aliphatic rings. The van der Waals surface area contributed by atoms with Crippen molar-refractivity contribution in [1.29, 1.82) is 0 Å². The summed E-state index contributed by atoms with van der Waals surface area (Å²) in [6.07, 6.45) is 4.03. The Morgan fingerprint density at radius 2 is 1.96 bits per heavy atom. The lowest BCUT2D eigenvalue weighted by atomic mass is 9.98. The predicted molar refractivity (Wildman–Crippen MR) is 108 cm³/mol. The van der Waals surface area contributed by atoms with Gasteiger partial charge in [-0.1, -0.05) is 13.8 Å². The molecule has 1 aliphatic heterocycles. The molecular weight excluding hydrogens is 366 g/mol. The second kappa shape index (κ2) is 9.32. The van der Waals surface area contributed by atoms with Gasteiger partial charge in [0.25, 0.3) is 5.91 Å². The van der Waals surface area contributed by atoms with Crippen LogP contribution in [0.5, 0.6) is 0 Å². The fraction of sp³-hybridized carbons (Fsp3) is 0.667. The number of nitrogens with one attached hydrogen (secondary N) is 2. The Kier molecular flexibility index (Phi) is 7.38. The van der Waals surface area contributed by atoms with Gasteiger partial charge < -0.3 is 5.32 Å². The van der Waals surface area contributed by atoms with Crippen LogP contribution < -0.4 is 10.6 Å². The molecule has 0 atom stereocenters. The van der Waals surface area contributed by atoms with E-state index >= 15 is 0 Å². The van der Waals surface area contributed by atoms with Crippen molar-refractivity contribution in [1.82, 2.24) is 29.9 Å². The van der Waals surface area contributed by atoms with Crippen LogP contribution in [0.1, 0.15) is 73.5 Å². The number of anilines is 1. The molecular formula is C18H30ClN7O. The molecule has 1 saturated heterocycles. The summed E-state index contributed by atoms with van der Waals surface area (Å²) >= 11 is 0. The van der Waals surface area contributed by atoms with Gasteiger partial charge in [0.15, 0.2) is 11.5 Å². The molecule has 2 aromatic rings. The van der Waals surface area contributed by atoms with Crippen molar-refractivity contribution in [3.05, 3.63) is 23.3 Å². The maximum Gasteiger partial charge on any atom is 0.278 e. The van der Waals surface area contributed by atoms with Gasteiger partial charge in [0, 0.05) is 18.7 Å². The zero-order chi connectivity index (χ0) is 18.7. The second-order valence-electron chi connectivity index (χ2n) is 6.98. The highest BCUT2D eigenvalue weighted by Gasteiger charge is 2.22. The summed E-state index contributed by atoms with van der Waals surface area (Å²) in [5.41, 5.74) is 1.41. The van der Waals surface area contributed by atoms with E-state index in [1.807, 2.05) is 17.7 Å². The zero-order valence-electron chi connectivity index (χ0n) is 16.5. The number of hydrogen-bond acceptors (Lipinski definition) is 5. The second-order valence-corrected chi connectivity index (χ2v) is 6.98. The highest BCUT2D eigenvalue weighted by atomic mass is 35.5. The van der Waals surface area contributed by atoms with Crippen LogP contribution in [0.3, 0.4) is 0 Å². The normalized spacial score (nSPS) is 15.0. The molecule has 1 amide bonds. The van der Waals surface area contributed by atoms with E-state index in [2.05, 4.69) is 39.7 Å². The summed E-state index contributed by atoms with van der Waals surface area (Å²) < 4.78 is 3.59. The van der Waals surface area contributed by atoms with Crippen molar-refractivity contribution in [3.8, 4) is 0 Å². The molecule has 27 heavy (non-hydrogen) atoms. The van der Waals surface area contributed by atoms with Crippen molar-refractivity contribution in [2.24, 2.45) is 7.05 Å². The van der Waals surface area contributed by atoms with Gasteiger partial charge in [0.2, 0.25) is 5.95 Å². The van der Waals surface area contributed by atoms with E-state index in [1.54, 1.807) is 11.7 Å². The molecule has 150 valence electrons. The topological polar surface area (TPSA) is 89.7 Å². The zero-order valence-corrected chi connectivity index (χ0v) is 17.3. The fourth-order valence-corrected chi connectivity index (χ4v) is 3.53. The maximum atomic E-state index is 12.6. The first-order chi connectivity index (χ1) is 12.5. The molecule has 9 heteroatoms. The van der Waals surface area contributed by atoms with E-state index in [-0.39, 0.29) is 18.3 Å². The van der Waals surface area contributed by atoms with Gasteiger partial charge in [-0.3, -0.25) is 14.8 Å². The maximum absolute atomic E-state index is 12.6. The minimum atomic E-state index is -0.245. The van der Waals surface area contributed by atoms with Crippen LogP contribution in [-0.4, -0.2) is 43.5 Å². The number of carbonyl (C=O) groups is 1. The standard InChI is InChI=1S/C18H29N7O.ClH/c1-5-14(6-2)25-12(3)11-15(22-25)17(26)21-18-20-16(23-24(18)4)13-7-9-19-10-8-13;/h11,13-14,19H,5-10H2,1-4H3,(H,20,21,23,26);1H. The van der Waals surface area contributed by atoms with Crippen LogP contribution in [0.2, 0.25) is 0 Å². The number of nitrogens with zero attached hydrogens (tertiary/aromatic N) is 5. The van der Waals surface area contributed by atoms with Crippen LogP contribution in [0.25, 0.3) is 0 Å². The lowest BCUT2D eigenvalue weighted by Crippen LogP contribution is -2.27. The third-order valence-electron chi connectivity index (χ3n) is 5.15. The van der Waals surface area contributed by atoms with E-state index in [1.165, 1.54) is 0 Å². The smallest absolute Gasteiger partial charge is 0.278 e. The molecule has 3 rings (SSSR count). The van der Waals surface area contributed by atoms with E-state index in [4.69, 9.17) is 0 Å². The summed E-state index contributed by atoms with van der Waals surface area (Å²) in [6, 6.07) is 2.15. The van der Waals surface area contributed by atoms with Gasteiger partial charge in [0.1, 0.15) is 0 Å². The monoisotopic (exact) mass is 395 g/mol. The first-order valence-corrected chi connectivity index (χ1v) is 9.52. The largest absolute Gasteiger partial charge is 0.317 e. The molecule has 0 aliphatic carbocycles. The SMILES string of the molecule is CCC(CC)n1nc(C(=O)Nc2nc(C3CCNCC3)nn2C)cc1C.Cl. The van der Waals surface area contributed by atoms with Crippen LogP contribution in [0.15, 0.2) is 6.07 Å². The van der Waals surface area contributed by atoms with Crippen LogP contribution >= 0.6 is 12.4 Å².